The van der Waals surface area contributed by atoms with Crippen LogP contribution in [-0.2, 0) is 17.8 Å². The lowest BCUT2D eigenvalue weighted by atomic mass is 10.2. The van der Waals surface area contributed by atoms with Gasteiger partial charge >= 0.3 is 0 Å². The Bertz CT molecular complexity index is 1260. The van der Waals surface area contributed by atoms with Crippen molar-refractivity contribution < 1.29 is 19.2 Å². The Labute approximate surface area is 212 Å². The number of hydrogen-bond acceptors (Lipinski definition) is 8. The molecule has 0 fully saturated rings. The van der Waals surface area contributed by atoms with Crippen LogP contribution < -0.4 is 15.4 Å². The first kappa shape index (κ1) is 26.4. The van der Waals surface area contributed by atoms with Crippen LogP contribution in [0, 0.1) is 17.0 Å². The molecule has 1 aromatic heterocycles. The van der Waals surface area contributed by atoms with Crippen LogP contribution in [0.4, 0.5) is 11.4 Å². The average Bonchev–Trinajstić information content (AvgIpc) is 3.25. The number of nitro groups is 1. The minimum Gasteiger partial charge on any atom is -0.497 e. The molecule has 2 amide bonds. The summed E-state index contributed by atoms with van der Waals surface area (Å²) in [5.74, 6) is 0.796. The lowest BCUT2D eigenvalue weighted by Gasteiger charge is -2.09. The van der Waals surface area contributed by atoms with Crippen molar-refractivity contribution in [3.05, 3.63) is 82.2 Å². The molecule has 0 saturated carbocycles. The van der Waals surface area contributed by atoms with Crippen molar-refractivity contribution in [2.75, 3.05) is 24.7 Å². The average molecular weight is 511 g/mol. The molecule has 12 heteroatoms. The van der Waals surface area contributed by atoms with E-state index in [0.717, 1.165) is 0 Å². The van der Waals surface area contributed by atoms with Gasteiger partial charge in [0, 0.05) is 42.4 Å². The van der Waals surface area contributed by atoms with E-state index < -0.39 is 4.92 Å². The Morgan fingerprint density at radius 3 is 2.64 bits per heavy atom. The van der Waals surface area contributed by atoms with Crippen LogP contribution in [-0.4, -0.2) is 50.9 Å². The van der Waals surface area contributed by atoms with Gasteiger partial charge in [-0.2, -0.15) is 0 Å². The van der Waals surface area contributed by atoms with Crippen LogP contribution in [0.25, 0.3) is 0 Å². The molecule has 0 saturated heterocycles. The van der Waals surface area contributed by atoms with Gasteiger partial charge in [0.05, 0.1) is 17.8 Å². The summed E-state index contributed by atoms with van der Waals surface area (Å²) in [5, 5.41) is 25.5. The smallest absolute Gasteiger partial charge is 0.274 e. The second kappa shape index (κ2) is 12.5. The Morgan fingerprint density at radius 1 is 1.22 bits per heavy atom. The third kappa shape index (κ3) is 6.92. The topological polar surface area (TPSA) is 141 Å². The van der Waals surface area contributed by atoms with Crippen LogP contribution >= 0.6 is 11.8 Å². The molecule has 3 aromatic rings. The van der Waals surface area contributed by atoms with Gasteiger partial charge in [0.25, 0.3) is 11.6 Å². The molecule has 0 aliphatic heterocycles. The molecular formula is C24H26N6O5S. The molecule has 0 atom stereocenters. The van der Waals surface area contributed by atoms with Gasteiger partial charge in [-0.25, -0.2) is 0 Å². The zero-order valence-corrected chi connectivity index (χ0v) is 20.7. The van der Waals surface area contributed by atoms with E-state index in [1.54, 1.807) is 56.5 Å². The minimum atomic E-state index is -0.488. The predicted octanol–water partition coefficient (Wildman–Crippen LogP) is 3.39. The summed E-state index contributed by atoms with van der Waals surface area (Å²) in [7, 11) is 1.56. The molecule has 1 heterocycles. The van der Waals surface area contributed by atoms with E-state index in [4.69, 9.17) is 4.74 Å². The number of carbonyl (C=O) groups is 2. The van der Waals surface area contributed by atoms with Gasteiger partial charge in [0.1, 0.15) is 11.6 Å². The fourth-order valence-electron chi connectivity index (χ4n) is 3.27. The maximum Gasteiger partial charge on any atom is 0.274 e. The van der Waals surface area contributed by atoms with E-state index in [9.17, 15) is 19.7 Å². The lowest BCUT2D eigenvalue weighted by Crippen LogP contribution is -2.26. The molecule has 11 nitrogen and oxygen atoms in total. The van der Waals surface area contributed by atoms with E-state index in [-0.39, 0.29) is 23.3 Å². The summed E-state index contributed by atoms with van der Waals surface area (Å²) in [4.78, 5) is 35.4. The highest BCUT2D eigenvalue weighted by atomic mass is 32.2. The maximum absolute atomic E-state index is 12.4. The second-order valence-corrected chi connectivity index (χ2v) is 8.57. The van der Waals surface area contributed by atoms with E-state index >= 15 is 0 Å². The summed E-state index contributed by atoms with van der Waals surface area (Å²) in [6.45, 7) is 6.17. The van der Waals surface area contributed by atoms with E-state index in [0.29, 0.717) is 53.1 Å². The molecule has 0 bridgehead atoms. The number of aryl methyl sites for hydroxylation is 1. The molecule has 0 unspecified atom stereocenters. The Kier molecular flexibility index (Phi) is 9.17. The number of allylic oxidation sites excluding steroid dienone is 1. The predicted molar refractivity (Wildman–Crippen MR) is 136 cm³/mol. The summed E-state index contributed by atoms with van der Waals surface area (Å²) in [6, 6.07) is 11.3. The lowest BCUT2D eigenvalue weighted by molar-refractivity contribution is -0.385. The highest BCUT2D eigenvalue weighted by Gasteiger charge is 2.16. The van der Waals surface area contributed by atoms with Gasteiger partial charge in [-0.3, -0.25) is 19.7 Å². The fraction of sp³-hybridized carbons (Fsp3) is 0.250. The van der Waals surface area contributed by atoms with Crippen LogP contribution in [0.3, 0.4) is 0 Å². The van der Waals surface area contributed by atoms with E-state index in [2.05, 4.69) is 27.4 Å². The first-order chi connectivity index (χ1) is 17.3. The van der Waals surface area contributed by atoms with Crippen LogP contribution in [0.15, 0.2) is 60.3 Å². The number of rotatable bonds is 12. The van der Waals surface area contributed by atoms with Gasteiger partial charge in [-0.05, 0) is 37.3 Å². The number of amides is 2. The summed E-state index contributed by atoms with van der Waals surface area (Å²) < 4.78 is 6.92. The number of methoxy groups -OCH3 is 1. The largest absolute Gasteiger partial charge is 0.497 e. The zero-order chi connectivity index (χ0) is 26.1. The number of nitrogens with zero attached hydrogens (tertiary/aromatic N) is 4. The quantitative estimate of drug-likeness (QED) is 0.163. The Morgan fingerprint density at radius 2 is 1.97 bits per heavy atom. The van der Waals surface area contributed by atoms with Crippen molar-refractivity contribution in [3.8, 4) is 5.75 Å². The number of aromatic nitrogens is 3. The molecule has 3 rings (SSSR count). The minimum absolute atomic E-state index is 0.0329. The molecule has 2 aromatic carbocycles. The number of carbonyl (C=O) groups excluding carboxylic acids is 2. The third-order valence-electron chi connectivity index (χ3n) is 5.11. The van der Waals surface area contributed by atoms with Crippen LogP contribution in [0.5, 0.6) is 5.75 Å². The molecule has 2 N–H and O–H groups in total. The first-order valence-corrected chi connectivity index (χ1v) is 11.9. The Hall–Kier alpha value is -4.19. The maximum atomic E-state index is 12.4. The van der Waals surface area contributed by atoms with Gasteiger partial charge in [-0.1, -0.05) is 23.9 Å². The molecule has 0 aliphatic carbocycles. The fourth-order valence-corrected chi connectivity index (χ4v) is 4.03. The monoisotopic (exact) mass is 510 g/mol. The standard InChI is InChI=1S/C24H26N6O5S/c1-4-13-29-21(11-12-25-23(32)17-6-9-19(35-3)10-7-17)27-28-24(29)36-15-22(31)26-18-8-5-16(2)20(14-18)30(33)34/h4-10,14H,1,11-13,15H2,2-3H3,(H,25,32)(H,26,31). The highest BCUT2D eigenvalue weighted by molar-refractivity contribution is 7.99. The summed E-state index contributed by atoms with van der Waals surface area (Å²) in [5.41, 5.74) is 1.32. The van der Waals surface area contributed by atoms with Crippen LogP contribution in [0.2, 0.25) is 0 Å². The molecule has 0 spiro atoms. The number of hydrogen-bond donors (Lipinski definition) is 2. The number of nitrogens with one attached hydrogen (secondary N) is 2. The van der Waals surface area contributed by atoms with Gasteiger partial charge in [0.15, 0.2) is 5.16 Å². The molecule has 0 aliphatic rings. The number of anilines is 1. The molecular weight excluding hydrogens is 484 g/mol. The van der Waals surface area contributed by atoms with Crippen molar-refractivity contribution in [2.45, 2.75) is 25.0 Å². The Balaban J connectivity index is 1.56. The third-order valence-corrected chi connectivity index (χ3v) is 6.08. The molecule has 188 valence electrons. The number of nitro benzene ring substituents is 1. The van der Waals surface area contributed by atoms with Crippen molar-refractivity contribution >= 4 is 35.0 Å². The van der Waals surface area contributed by atoms with Crippen molar-refractivity contribution in [2.24, 2.45) is 0 Å². The van der Waals surface area contributed by atoms with Crippen molar-refractivity contribution in [1.29, 1.82) is 0 Å². The number of benzene rings is 2. The summed E-state index contributed by atoms with van der Waals surface area (Å²) in [6.07, 6.45) is 2.13. The van der Waals surface area contributed by atoms with Crippen molar-refractivity contribution in [3.63, 3.8) is 0 Å². The van der Waals surface area contributed by atoms with E-state index in [1.165, 1.54) is 17.8 Å². The normalized spacial score (nSPS) is 10.5. The molecule has 0 radical (unpaired) electrons. The van der Waals surface area contributed by atoms with E-state index in [1.807, 2.05) is 4.57 Å². The zero-order valence-electron chi connectivity index (χ0n) is 19.9. The van der Waals surface area contributed by atoms with Gasteiger partial charge in [0.2, 0.25) is 5.91 Å². The van der Waals surface area contributed by atoms with Gasteiger partial charge < -0.3 is 19.9 Å². The first-order valence-electron chi connectivity index (χ1n) is 10.9. The second-order valence-electron chi connectivity index (χ2n) is 7.63. The summed E-state index contributed by atoms with van der Waals surface area (Å²) >= 11 is 1.19. The molecule has 36 heavy (non-hydrogen) atoms. The van der Waals surface area contributed by atoms with Crippen molar-refractivity contribution in [1.82, 2.24) is 20.1 Å². The van der Waals surface area contributed by atoms with Crippen LogP contribution in [0.1, 0.15) is 21.7 Å². The number of thioether (sulfide) groups is 1. The number of ether oxygens (including phenoxy) is 1. The van der Waals surface area contributed by atoms with Gasteiger partial charge in [-0.15, -0.1) is 16.8 Å². The SMILES string of the molecule is C=CCn1c(CCNC(=O)c2ccc(OC)cc2)nnc1SCC(=O)Nc1ccc(C)c([N+](=O)[O-])c1. The highest BCUT2D eigenvalue weighted by Crippen LogP contribution is 2.23.